The Morgan fingerprint density at radius 2 is 2.00 bits per heavy atom. The fourth-order valence-corrected chi connectivity index (χ4v) is 1.14. The van der Waals surface area contributed by atoms with Gasteiger partial charge in [-0.3, -0.25) is 31.5 Å². The summed E-state index contributed by atoms with van der Waals surface area (Å²) in [6.45, 7) is 1.53. The van der Waals surface area contributed by atoms with Crippen LogP contribution in [0.2, 0.25) is 0 Å². The van der Waals surface area contributed by atoms with Gasteiger partial charge in [0.2, 0.25) is 0 Å². The first-order chi connectivity index (χ1) is 6.61. The molecule has 76 valence electrons. The van der Waals surface area contributed by atoms with Gasteiger partial charge in [-0.2, -0.15) is 0 Å². The Kier molecular flexibility index (Phi) is 2.85. The molecule has 0 spiro atoms. The van der Waals surface area contributed by atoms with Crippen molar-refractivity contribution in [3.8, 4) is 0 Å². The molecule has 0 bridgehead atoms. The molecule has 1 aromatic carbocycles. The summed E-state index contributed by atoms with van der Waals surface area (Å²) >= 11 is 0. The highest BCUT2D eigenvalue weighted by Crippen LogP contribution is 2.34. The lowest BCUT2D eigenvalue weighted by Crippen LogP contribution is -2.03. The molecular weight excluding hydrogens is 190 g/mol. The van der Waals surface area contributed by atoms with Gasteiger partial charge in [-0.1, -0.05) is 6.07 Å². The highest BCUT2D eigenvalue weighted by molar-refractivity contribution is 5.79. The van der Waals surface area contributed by atoms with Crippen LogP contribution in [-0.2, 0) is 0 Å². The van der Waals surface area contributed by atoms with Crippen LogP contribution in [0.1, 0.15) is 5.56 Å². The number of hydrogen-bond acceptors (Lipinski definition) is 6. The fraction of sp³-hybridized carbons (Fsp3) is 0.143. The van der Waals surface area contributed by atoms with Crippen molar-refractivity contribution < 1.29 is 15.3 Å². The number of nitrogens with one attached hydrogen (secondary N) is 2. The molecule has 0 aromatic heterocycles. The second-order valence-corrected chi connectivity index (χ2v) is 2.63. The molecule has 0 aliphatic heterocycles. The standard InChI is InChI=1S/C7H9N3O4/c1-4-2-3-5(8-11)6(9-12)7(4)10(13)14/h2-3,8-9,11-12H,1H3. The van der Waals surface area contributed by atoms with Gasteiger partial charge in [0.1, 0.15) is 0 Å². The van der Waals surface area contributed by atoms with Crippen molar-refractivity contribution in [3.63, 3.8) is 0 Å². The molecule has 0 atom stereocenters. The molecule has 0 saturated carbocycles. The van der Waals surface area contributed by atoms with E-state index in [-0.39, 0.29) is 17.1 Å². The molecule has 0 aliphatic rings. The summed E-state index contributed by atoms with van der Waals surface area (Å²) in [5.41, 5.74) is 3.37. The van der Waals surface area contributed by atoms with Crippen LogP contribution in [0.25, 0.3) is 0 Å². The van der Waals surface area contributed by atoms with E-state index in [1.54, 1.807) is 11.0 Å². The first-order valence-electron chi connectivity index (χ1n) is 3.70. The van der Waals surface area contributed by atoms with E-state index in [0.29, 0.717) is 5.56 Å². The number of rotatable bonds is 3. The lowest BCUT2D eigenvalue weighted by molar-refractivity contribution is -0.384. The van der Waals surface area contributed by atoms with Crippen LogP contribution in [0.15, 0.2) is 12.1 Å². The summed E-state index contributed by atoms with van der Waals surface area (Å²) in [5, 5.41) is 27.9. The van der Waals surface area contributed by atoms with Crippen molar-refractivity contribution in [2.24, 2.45) is 0 Å². The number of anilines is 2. The second kappa shape index (κ2) is 3.90. The average Bonchev–Trinajstić information content (AvgIpc) is 2.16. The molecular formula is C7H9N3O4. The molecule has 0 fully saturated rings. The van der Waals surface area contributed by atoms with Crippen LogP contribution in [-0.4, -0.2) is 15.3 Å². The molecule has 4 N–H and O–H groups in total. The van der Waals surface area contributed by atoms with Crippen LogP contribution in [0, 0.1) is 17.0 Å². The number of nitro groups is 1. The minimum absolute atomic E-state index is 0.0322. The first-order valence-corrected chi connectivity index (χ1v) is 3.70. The molecule has 1 aromatic rings. The summed E-state index contributed by atoms with van der Waals surface area (Å²) < 4.78 is 0. The third kappa shape index (κ3) is 1.58. The third-order valence-electron chi connectivity index (χ3n) is 1.79. The summed E-state index contributed by atoms with van der Waals surface area (Å²) in [5.74, 6) is 0. The SMILES string of the molecule is Cc1ccc(NO)c(NO)c1[N+](=O)[O-]. The van der Waals surface area contributed by atoms with Gasteiger partial charge in [0.15, 0.2) is 5.69 Å². The van der Waals surface area contributed by atoms with E-state index in [2.05, 4.69) is 0 Å². The minimum atomic E-state index is -0.644. The zero-order valence-corrected chi connectivity index (χ0v) is 7.31. The molecule has 14 heavy (non-hydrogen) atoms. The Labute approximate surface area is 79.0 Å². The summed E-state index contributed by atoms with van der Waals surface area (Å²) in [6.07, 6.45) is 0. The quantitative estimate of drug-likeness (QED) is 0.434. The maximum absolute atomic E-state index is 10.6. The molecule has 0 heterocycles. The van der Waals surface area contributed by atoms with Crippen molar-refractivity contribution in [1.29, 1.82) is 0 Å². The second-order valence-electron chi connectivity index (χ2n) is 2.63. The number of benzene rings is 1. The van der Waals surface area contributed by atoms with E-state index in [1.807, 2.05) is 0 Å². The maximum atomic E-state index is 10.6. The summed E-state index contributed by atoms with van der Waals surface area (Å²) in [6, 6.07) is 2.86. The Balaban J connectivity index is 3.42. The van der Waals surface area contributed by atoms with Gasteiger partial charge >= 0.3 is 0 Å². The molecule has 0 radical (unpaired) electrons. The van der Waals surface area contributed by atoms with Gasteiger partial charge < -0.3 is 0 Å². The molecule has 1 rings (SSSR count). The molecule has 0 unspecified atom stereocenters. The minimum Gasteiger partial charge on any atom is -0.291 e. The molecule has 0 aliphatic carbocycles. The predicted molar refractivity (Wildman–Crippen MR) is 48.7 cm³/mol. The zero-order valence-electron chi connectivity index (χ0n) is 7.31. The van der Waals surface area contributed by atoms with E-state index in [1.165, 1.54) is 19.1 Å². The topological polar surface area (TPSA) is 108 Å². The molecule has 0 amide bonds. The highest BCUT2D eigenvalue weighted by Gasteiger charge is 2.20. The van der Waals surface area contributed by atoms with Crippen molar-refractivity contribution in [2.45, 2.75) is 6.92 Å². The average molecular weight is 199 g/mol. The summed E-state index contributed by atoms with van der Waals surface area (Å²) in [4.78, 5) is 9.97. The van der Waals surface area contributed by atoms with Gasteiger partial charge in [-0.15, -0.1) is 0 Å². The monoisotopic (exact) mass is 199 g/mol. The van der Waals surface area contributed by atoms with E-state index in [0.717, 1.165) is 0 Å². The van der Waals surface area contributed by atoms with Crippen molar-refractivity contribution in [2.75, 3.05) is 11.0 Å². The molecule has 7 heteroatoms. The number of hydrogen-bond donors (Lipinski definition) is 4. The van der Waals surface area contributed by atoms with Crippen LogP contribution in [0.3, 0.4) is 0 Å². The fourth-order valence-electron chi connectivity index (χ4n) is 1.14. The number of aryl methyl sites for hydroxylation is 1. The van der Waals surface area contributed by atoms with Gasteiger partial charge in [0.05, 0.1) is 10.6 Å². The third-order valence-corrected chi connectivity index (χ3v) is 1.79. The Morgan fingerprint density at radius 3 is 2.43 bits per heavy atom. The lowest BCUT2D eigenvalue weighted by Gasteiger charge is -2.08. The Morgan fingerprint density at radius 1 is 1.36 bits per heavy atom. The van der Waals surface area contributed by atoms with Crippen molar-refractivity contribution in [3.05, 3.63) is 27.8 Å². The van der Waals surface area contributed by atoms with Crippen molar-refractivity contribution in [1.82, 2.24) is 0 Å². The number of nitrogens with zero attached hydrogens (tertiary/aromatic N) is 1. The van der Waals surface area contributed by atoms with Gasteiger partial charge in [0.25, 0.3) is 5.69 Å². The molecule has 7 nitrogen and oxygen atoms in total. The van der Waals surface area contributed by atoms with Crippen LogP contribution >= 0.6 is 0 Å². The maximum Gasteiger partial charge on any atom is 0.299 e. The van der Waals surface area contributed by atoms with Gasteiger partial charge in [0, 0.05) is 5.56 Å². The molecule has 0 saturated heterocycles. The lowest BCUT2D eigenvalue weighted by atomic mass is 10.1. The van der Waals surface area contributed by atoms with Crippen molar-refractivity contribution >= 4 is 17.1 Å². The Bertz CT molecular complexity index is 366. The van der Waals surface area contributed by atoms with E-state index in [9.17, 15) is 10.1 Å². The Hall–Kier alpha value is -1.86. The highest BCUT2D eigenvalue weighted by atomic mass is 16.6. The van der Waals surface area contributed by atoms with E-state index >= 15 is 0 Å². The largest absolute Gasteiger partial charge is 0.299 e. The van der Waals surface area contributed by atoms with Gasteiger partial charge in [-0.25, -0.2) is 0 Å². The summed E-state index contributed by atoms with van der Waals surface area (Å²) in [7, 11) is 0. The first kappa shape index (κ1) is 10.2. The normalized spacial score (nSPS) is 9.64. The smallest absolute Gasteiger partial charge is 0.291 e. The van der Waals surface area contributed by atoms with Crippen LogP contribution in [0.4, 0.5) is 17.1 Å². The van der Waals surface area contributed by atoms with Crippen LogP contribution < -0.4 is 11.0 Å². The van der Waals surface area contributed by atoms with Gasteiger partial charge in [-0.05, 0) is 13.0 Å². The zero-order chi connectivity index (χ0) is 10.7. The number of nitro benzene ring substituents is 1. The van der Waals surface area contributed by atoms with E-state index < -0.39 is 4.92 Å². The van der Waals surface area contributed by atoms with Crippen LogP contribution in [0.5, 0.6) is 0 Å². The predicted octanol–water partition coefficient (Wildman–Crippen LogP) is 1.51. The van der Waals surface area contributed by atoms with E-state index in [4.69, 9.17) is 10.4 Å².